The first-order chi connectivity index (χ1) is 7.97. The van der Waals surface area contributed by atoms with E-state index in [1.54, 1.807) is 18.2 Å². The Hall–Kier alpha value is 0.0262. The van der Waals surface area contributed by atoms with Crippen molar-refractivity contribution in [1.29, 1.82) is 0 Å². The monoisotopic (exact) mass is 292 g/mol. The van der Waals surface area contributed by atoms with Crippen LogP contribution in [0.5, 0.6) is 0 Å². The first-order valence-corrected chi connectivity index (χ1v) is 7.11. The quantitative estimate of drug-likeness (QED) is 0.723. The molecular formula is C12H16ClF3MgO. The van der Waals surface area contributed by atoms with Crippen LogP contribution in [0.2, 0.25) is 0 Å². The van der Waals surface area contributed by atoms with Gasteiger partial charge < -0.3 is 4.74 Å². The molecule has 0 saturated carbocycles. The van der Waals surface area contributed by atoms with Crippen LogP contribution in [0, 0.1) is 0 Å². The molecule has 1 unspecified atom stereocenters. The van der Waals surface area contributed by atoms with Crippen molar-refractivity contribution in [1.82, 2.24) is 0 Å². The first-order valence-electron chi connectivity index (χ1n) is 5.69. The van der Waals surface area contributed by atoms with Gasteiger partial charge in [0, 0.05) is 6.61 Å². The van der Waals surface area contributed by atoms with Gasteiger partial charge in [-0.1, -0.05) is 30.3 Å². The number of halogens is 4. The molecule has 1 aromatic carbocycles. The zero-order valence-electron chi connectivity index (χ0n) is 10.2. The number of rotatable bonds is 1. The van der Waals surface area contributed by atoms with E-state index < -0.39 is 24.7 Å². The molecule has 18 heavy (non-hydrogen) atoms. The summed E-state index contributed by atoms with van der Waals surface area (Å²) in [6.07, 6.45) is 3.08. The maximum absolute atomic E-state index is 11.8. The van der Waals surface area contributed by atoms with E-state index >= 15 is 0 Å². The van der Waals surface area contributed by atoms with Gasteiger partial charge >= 0.3 is 20.4 Å². The molecule has 1 aromatic rings. The maximum atomic E-state index is 11.8. The van der Waals surface area contributed by atoms with Crippen LogP contribution in [0.3, 0.4) is 0 Å². The van der Waals surface area contributed by atoms with Gasteiger partial charge in [0.1, 0.15) is 0 Å². The summed E-state index contributed by atoms with van der Waals surface area (Å²) in [5.74, 6) is 0. The molecule has 0 spiro atoms. The lowest BCUT2D eigenvalue weighted by Gasteiger charge is -2.03. The van der Waals surface area contributed by atoms with Gasteiger partial charge in [0.05, 0.1) is 6.10 Å². The van der Waals surface area contributed by atoms with Crippen molar-refractivity contribution in [3.05, 3.63) is 30.3 Å². The fraction of sp³-hybridized carbons (Fsp3) is 0.500. The topological polar surface area (TPSA) is 9.23 Å². The summed E-state index contributed by atoms with van der Waals surface area (Å²) >= 11 is -2.07. The smallest absolute Gasteiger partial charge is 0.379 e. The average molecular weight is 293 g/mol. The Labute approximate surface area is 121 Å². The Morgan fingerprint density at radius 1 is 1.22 bits per heavy atom. The minimum absolute atomic E-state index is 0. The van der Waals surface area contributed by atoms with Gasteiger partial charge in [0.15, 0.2) is 0 Å². The summed E-state index contributed by atoms with van der Waals surface area (Å²) in [6, 6.07) is 8.04. The molecule has 1 atom stereocenters. The highest BCUT2D eigenvalue weighted by Crippen LogP contribution is 2.11. The summed E-state index contributed by atoms with van der Waals surface area (Å²) in [4.78, 5) is 0. The summed E-state index contributed by atoms with van der Waals surface area (Å²) < 4.78 is 37.0. The predicted octanol–water partition coefficient (Wildman–Crippen LogP) is 3.14. The van der Waals surface area contributed by atoms with Crippen LogP contribution in [-0.4, -0.2) is 37.4 Å². The second kappa shape index (κ2) is 9.01. The third-order valence-electron chi connectivity index (χ3n) is 2.40. The number of hydrogen-bond donors (Lipinski definition) is 0. The lowest BCUT2D eigenvalue weighted by atomic mass is 10.3. The molecule has 2 rings (SSSR count). The van der Waals surface area contributed by atoms with E-state index in [2.05, 4.69) is 6.92 Å². The van der Waals surface area contributed by atoms with E-state index in [0.29, 0.717) is 9.80 Å². The number of alkyl halides is 3. The zero-order chi connectivity index (χ0) is 12.7. The standard InChI is InChI=1S/C6H5.C5H10O.CF3.ClH.Mg/c1-2-4-6-5-3-1;1-5-3-2-4-6-5;2-1(3)4;;/h1-5H;5H,2-4H2,1H3;;1H;. The van der Waals surface area contributed by atoms with Crippen molar-refractivity contribution >= 4 is 36.5 Å². The lowest BCUT2D eigenvalue weighted by molar-refractivity contribution is -0.0455. The Kier molecular flexibility index (Phi) is 9.03. The molecular weight excluding hydrogens is 277 g/mol. The van der Waals surface area contributed by atoms with E-state index in [-0.39, 0.29) is 12.4 Å². The van der Waals surface area contributed by atoms with E-state index in [0.717, 1.165) is 6.61 Å². The fourth-order valence-electron chi connectivity index (χ4n) is 1.57. The SMILES string of the molecule is CC1CCCO1.Cl.F[C](F)(F)[Mg][c]1ccccc1. The van der Waals surface area contributed by atoms with Crippen LogP contribution >= 0.6 is 12.4 Å². The van der Waals surface area contributed by atoms with Gasteiger partial charge in [0.2, 0.25) is 0 Å². The van der Waals surface area contributed by atoms with E-state index in [4.69, 9.17) is 4.74 Å². The molecule has 1 aliphatic rings. The van der Waals surface area contributed by atoms with Gasteiger partial charge in [-0.05, 0) is 19.8 Å². The second-order valence-electron chi connectivity index (χ2n) is 4.10. The van der Waals surface area contributed by atoms with Crippen molar-refractivity contribution in [3.63, 3.8) is 0 Å². The van der Waals surface area contributed by atoms with Crippen molar-refractivity contribution in [2.75, 3.05) is 6.61 Å². The molecule has 0 bridgehead atoms. The van der Waals surface area contributed by atoms with Gasteiger partial charge in [-0.2, -0.15) is 3.69 Å². The highest BCUT2D eigenvalue weighted by Gasteiger charge is 2.31. The first kappa shape index (κ1) is 18.0. The van der Waals surface area contributed by atoms with Crippen LogP contribution < -0.4 is 3.69 Å². The van der Waals surface area contributed by atoms with Gasteiger partial charge in [-0.3, -0.25) is 0 Å². The molecule has 1 saturated heterocycles. The molecule has 1 fully saturated rings. The molecule has 1 heterocycles. The lowest BCUT2D eigenvalue weighted by Crippen LogP contribution is -2.29. The Morgan fingerprint density at radius 2 is 1.83 bits per heavy atom. The highest BCUT2D eigenvalue weighted by atomic mass is 35.5. The molecule has 0 amide bonds. The maximum Gasteiger partial charge on any atom is 0.572 e. The van der Waals surface area contributed by atoms with Crippen LogP contribution in [0.4, 0.5) is 13.2 Å². The minimum Gasteiger partial charge on any atom is -0.379 e. The summed E-state index contributed by atoms with van der Waals surface area (Å²) in [7, 11) is 0. The summed E-state index contributed by atoms with van der Waals surface area (Å²) in [6.45, 7) is 3.11. The number of ether oxygens (including phenoxy) is 1. The average Bonchev–Trinajstić information content (AvgIpc) is 2.69. The normalized spacial score (nSPS) is 18.1. The molecule has 0 aromatic heterocycles. The molecule has 0 aliphatic carbocycles. The van der Waals surface area contributed by atoms with Crippen molar-refractivity contribution in [2.24, 2.45) is 0 Å². The highest BCUT2D eigenvalue weighted by molar-refractivity contribution is 6.55. The van der Waals surface area contributed by atoms with Crippen LogP contribution in [0.25, 0.3) is 0 Å². The molecule has 100 valence electrons. The Balaban J connectivity index is 0.000000352. The Morgan fingerprint density at radius 3 is 2.17 bits per heavy atom. The predicted molar refractivity (Wildman–Crippen MR) is 69.8 cm³/mol. The molecule has 1 aliphatic heterocycles. The van der Waals surface area contributed by atoms with Gasteiger partial charge in [-0.25, -0.2) is 13.2 Å². The molecule has 1 nitrogen and oxygen atoms in total. The zero-order valence-corrected chi connectivity index (χ0v) is 12.5. The third kappa shape index (κ3) is 9.02. The van der Waals surface area contributed by atoms with E-state index in [1.165, 1.54) is 25.0 Å². The number of benzene rings is 1. The third-order valence-corrected chi connectivity index (χ3v) is 3.69. The summed E-state index contributed by atoms with van der Waals surface area (Å²) in [5.41, 5.74) is 0. The fourth-order valence-corrected chi connectivity index (χ4v) is 2.54. The minimum atomic E-state index is -3.96. The van der Waals surface area contributed by atoms with Crippen LogP contribution in [-0.2, 0) is 4.74 Å². The Bertz CT molecular complexity index is 313. The van der Waals surface area contributed by atoms with Crippen molar-refractivity contribution < 1.29 is 17.9 Å². The molecule has 0 N–H and O–H groups in total. The largest absolute Gasteiger partial charge is 0.572 e. The molecule has 0 radical (unpaired) electrons. The van der Waals surface area contributed by atoms with E-state index in [1.807, 2.05) is 0 Å². The summed E-state index contributed by atoms with van der Waals surface area (Å²) in [5, 5.41) is 0. The van der Waals surface area contributed by atoms with Crippen molar-refractivity contribution in [3.8, 4) is 0 Å². The number of hydrogen-bond acceptors (Lipinski definition) is 1. The van der Waals surface area contributed by atoms with E-state index in [9.17, 15) is 13.2 Å². The van der Waals surface area contributed by atoms with Crippen LogP contribution in [0.15, 0.2) is 30.3 Å². The van der Waals surface area contributed by atoms with Gasteiger partial charge in [-0.15, -0.1) is 12.4 Å². The van der Waals surface area contributed by atoms with Gasteiger partial charge in [0.25, 0.3) is 4.31 Å². The molecule has 6 heteroatoms. The van der Waals surface area contributed by atoms with Crippen molar-refractivity contribution in [2.45, 2.75) is 30.2 Å². The second-order valence-corrected chi connectivity index (χ2v) is 6.07. The van der Waals surface area contributed by atoms with Crippen LogP contribution in [0.1, 0.15) is 19.8 Å².